The number of halogens is 1. The van der Waals surface area contributed by atoms with Crippen LogP contribution >= 0.6 is 0 Å². The van der Waals surface area contributed by atoms with Crippen LogP contribution in [0.15, 0.2) is 59.0 Å². The molecule has 1 saturated heterocycles. The Hall–Kier alpha value is -3.22. The van der Waals surface area contributed by atoms with Crippen LogP contribution in [0.5, 0.6) is 0 Å². The quantitative estimate of drug-likeness (QED) is 0.708. The zero-order valence-electron chi connectivity index (χ0n) is 15.3. The Balaban J connectivity index is 1.58. The Kier molecular flexibility index (Phi) is 5.32. The van der Waals surface area contributed by atoms with E-state index in [1.807, 2.05) is 35.2 Å². The van der Waals surface area contributed by atoms with E-state index in [1.54, 1.807) is 12.1 Å². The Labute approximate surface area is 162 Å². The normalized spacial score (nSPS) is 14.8. The van der Waals surface area contributed by atoms with Gasteiger partial charge in [-0.3, -0.25) is 4.79 Å². The predicted octanol–water partition coefficient (Wildman–Crippen LogP) is 3.52. The van der Waals surface area contributed by atoms with Gasteiger partial charge >= 0.3 is 6.01 Å². The zero-order valence-corrected chi connectivity index (χ0v) is 15.3. The third kappa shape index (κ3) is 4.03. The van der Waals surface area contributed by atoms with E-state index in [-0.39, 0.29) is 5.56 Å². The Bertz CT molecular complexity index is 938. The number of carbonyl (C=O) groups is 1. The first-order valence-corrected chi connectivity index (χ1v) is 9.38. The van der Waals surface area contributed by atoms with Crippen molar-refractivity contribution in [1.82, 2.24) is 15.5 Å². The van der Waals surface area contributed by atoms with E-state index in [1.165, 1.54) is 12.1 Å². The summed E-state index contributed by atoms with van der Waals surface area (Å²) in [5.74, 6) is -0.767. The van der Waals surface area contributed by atoms with Crippen molar-refractivity contribution in [2.24, 2.45) is 0 Å². The summed E-state index contributed by atoms with van der Waals surface area (Å²) < 4.78 is 19.9. The third-order valence-corrected chi connectivity index (χ3v) is 4.81. The second-order valence-electron chi connectivity index (χ2n) is 6.81. The number of hydrogen-bond donors (Lipinski definition) is 1. The molecule has 1 fully saturated rings. The number of aromatic nitrogens is 2. The molecule has 0 bridgehead atoms. The summed E-state index contributed by atoms with van der Waals surface area (Å²) in [4.78, 5) is 14.7. The standard InChI is InChI=1S/C21H21FN4O2/c22-17-11-5-4-10-16(17)19(27)23-18(14-15-8-2-1-3-9-15)20-24-25-21(28-20)26-12-6-7-13-26/h1-5,8-11,18H,6-7,12-14H2,(H,23,27). The maximum atomic E-state index is 14.0. The molecule has 0 radical (unpaired) electrons. The summed E-state index contributed by atoms with van der Waals surface area (Å²) >= 11 is 0. The fourth-order valence-corrected chi connectivity index (χ4v) is 3.33. The number of benzene rings is 2. The van der Waals surface area contributed by atoms with Gasteiger partial charge in [-0.05, 0) is 30.5 Å². The summed E-state index contributed by atoms with van der Waals surface area (Å²) in [6, 6.07) is 15.5. The minimum atomic E-state index is -0.568. The molecular weight excluding hydrogens is 359 g/mol. The fourth-order valence-electron chi connectivity index (χ4n) is 3.33. The topological polar surface area (TPSA) is 71.3 Å². The lowest BCUT2D eigenvalue weighted by molar-refractivity contribution is 0.0926. The van der Waals surface area contributed by atoms with E-state index in [4.69, 9.17) is 4.42 Å². The molecule has 4 rings (SSSR count). The van der Waals surface area contributed by atoms with Gasteiger partial charge in [-0.2, -0.15) is 0 Å². The number of hydrogen-bond acceptors (Lipinski definition) is 5. The van der Waals surface area contributed by atoms with Gasteiger partial charge in [0.1, 0.15) is 11.9 Å². The predicted molar refractivity (Wildman–Crippen MR) is 102 cm³/mol. The number of nitrogens with zero attached hydrogens (tertiary/aromatic N) is 3. The Morgan fingerprint density at radius 2 is 1.79 bits per heavy atom. The summed E-state index contributed by atoms with van der Waals surface area (Å²) in [6.45, 7) is 1.76. The lowest BCUT2D eigenvalue weighted by Gasteiger charge is -2.16. The van der Waals surface area contributed by atoms with E-state index >= 15 is 0 Å². The van der Waals surface area contributed by atoms with E-state index in [2.05, 4.69) is 15.5 Å². The van der Waals surface area contributed by atoms with Crippen LogP contribution in [-0.2, 0) is 6.42 Å². The van der Waals surface area contributed by atoms with Crippen LogP contribution in [0.2, 0.25) is 0 Å². The number of nitrogens with one attached hydrogen (secondary N) is 1. The van der Waals surface area contributed by atoms with E-state index in [9.17, 15) is 9.18 Å². The van der Waals surface area contributed by atoms with Crippen LogP contribution in [0.25, 0.3) is 0 Å². The SMILES string of the molecule is O=C(NC(Cc1ccccc1)c1nnc(N2CCCC2)o1)c1ccccc1F. The number of carbonyl (C=O) groups excluding carboxylic acids is 1. The van der Waals surface area contributed by atoms with Crippen LogP contribution in [-0.4, -0.2) is 29.2 Å². The van der Waals surface area contributed by atoms with E-state index in [0.717, 1.165) is 31.5 Å². The Morgan fingerprint density at radius 3 is 2.54 bits per heavy atom. The van der Waals surface area contributed by atoms with Gasteiger partial charge in [-0.15, -0.1) is 5.10 Å². The van der Waals surface area contributed by atoms with Crippen molar-refractivity contribution in [2.45, 2.75) is 25.3 Å². The first-order chi connectivity index (χ1) is 13.7. The van der Waals surface area contributed by atoms with Gasteiger partial charge in [0.05, 0.1) is 5.56 Å². The average molecular weight is 380 g/mol. The van der Waals surface area contributed by atoms with Crippen LogP contribution < -0.4 is 10.2 Å². The Morgan fingerprint density at radius 1 is 1.07 bits per heavy atom. The highest BCUT2D eigenvalue weighted by Crippen LogP contribution is 2.24. The largest absolute Gasteiger partial charge is 0.406 e. The number of anilines is 1. The molecule has 1 unspecified atom stereocenters. The van der Waals surface area contributed by atoms with Crippen LogP contribution in [0.1, 0.15) is 40.7 Å². The van der Waals surface area contributed by atoms with Gasteiger partial charge in [0.15, 0.2) is 0 Å². The highest BCUT2D eigenvalue weighted by atomic mass is 19.1. The number of rotatable bonds is 6. The molecule has 1 aliphatic rings. The van der Waals surface area contributed by atoms with Crippen molar-refractivity contribution in [2.75, 3.05) is 18.0 Å². The van der Waals surface area contributed by atoms with Gasteiger partial charge in [-0.25, -0.2) is 4.39 Å². The molecule has 0 saturated carbocycles. The van der Waals surface area contributed by atoms with Gasteiger partial charge in [0, 0.05) is 19.5 Å². The molecule has 0 aliphatic carbocycles. The third-order valence-electron chi connectivity index (χ3n) is 4.81. The van der Waals surface area contributed by atoms with Crippen LogP contribution in [0.4, 0.5) is 10.4 Å². The van der Waals surface area contributed by atoms with Gasteiger partial charge in [-0.1, -0.05) is 47.6 Å². The molecule has 6 nitrogen and oxygen atoms in total. The molecule has 28 heavy (non-hydrogen) atoms. The molecule has 1 amide bonds. The van der Waals surface area contributed by atoms with Crippen molar-refractivity contribution >= 4 is 11.9 Å². The van der Waals surface area contributed by atoms with Crippen molar-refractivity contribution in [3.63, 3.8) is 0 Å². The summed E-state index contributed by atoms with van der Waals surface area (Å²) in [5, 5.41) is 11.2. The first-order valence-electron chi connectivity index (χ1n) is 9.38. The average Bonchev–Trinajstić information content (AvgIpc) is 3.40. The second-order valence-corrected chi connectivity index (χ2v) is 6.81. The van der Waals surface area contributed by atoms with Crippen molar-refractivity contribution in [1.29, 1.82) is 0 Å². The second kappa shape index (κ2) is 8.21. The van der Waals surface area contributed by atoms with Crippen molar-refractivity contribution < 1.29 is 13.6 Å². The van der Waals surface area contributed by atoms with Crippen molar-refractivity contribution in [3.05, 3.63) is 77.4 Å². The molecule has 2 heterocycles. The lowest BCUT2D eigenvalue weighted by Crippen LogP contribution is -2.31. The molecule has 7 heteroatoms. The molecule has 1 aromatic heterocycles. The maximum Gasteiger partial charge on any atom is 0.318 e. The fraction of sp³-hybridized carbons (Fsp3) is 0.286. The summed E-state index contributed by atoms with van der Waals surface area (Å²) in [6.07, 6.45) is 2.65. The highest BCUT2D eigenvalue weighted by molar-refractivity contribution is 5.94. The highest BCUT2D eigenvalue weighted by Gasteiger charge is 2.25. The van der Waals surface area contributed by atoms with Gasteiger partial charge < -0.3 is 14.6 Å². The molecule has 0 spiro atoms. The van der Waals surface area contributed by atoms with Gasteiger partial charge in [0.2, 0.25) is 5.89 Å². The molecule has 1 atom stereocenters. The minimum Gasteiger partial charge on any atom is -0.406 e. The van der Waals surface area contributed by atoms with Gasteiger partial charge in [0.25, 0.3) is 5.91 Å². The van der Waals surface area contributed by atoms with E-state index in [0.29, 0.717) is 18.3 Å². The molecule has 1 aliphatic heterocycles. The summed E-state index contributed by atoms with van der Waals surface area (Å²) in [7, 11) is 0. The maximum absolute atomic E-state index is 14.0. The first kappa shape index (κ1) is 18.2. The molecule has 2 aromatic carbocycles. The molecular formula is C21H21FN4O2. The van der Waals surface area contributed by atoms with E-state index < -0.39 is 17.8 Å². The molecule has 1 N–H and O–H groups in total. The molecule has 3 aromatic rings. The van der Waals surface area contributed by atoms with Crippen LogP contribution in [0.3, 0.4) is 0 Å². The van der Waals surface area contributed by atoms with Crippen LogP contribution in [0, 0.1) is 5.82 Å². The smallest absolute Gasteiger partial charge is 0.318 e. The lowest BCUT2D eigenvalue weighted by atomic mass is 10.1. The molecule has 144 valence electrons. The number of amides is 1. The minimum absolute atomic E-state index is 0.0140. The van der Waals surface area contributed by atoms with Crippen molar-refractivity contribution in [3.8, 4) is 0 Å². The summed E-state index contributed by atoms with van der Waals surface area (Å²) in [5.41, 5.74) is 0.988. The zero-order chi connectivity index (χ0) is 19.3. The monoisotopic (exact) mass is 380 g/mol.